The monoisotopic (exact) mass is 1210 g/mol. The molecule has 30 heteroatoms. The number of thiol groups is 1. The quantitative estimate of drug-likeness (QED) is 0.0375. The summed E-state index contributed by atoms with van der Waals surface area (Å²) >= 11 is 4.06. The molecule has 5 saturated heterocycles. The van der Waals surface area contributed by atoms with Gasteiger partial charge in [-0.05, 0) is 18.6 Å². The van der Waals surface area contributed by atoms with Gasteiger partial charge < -0.3 is 135 Å². The number of ether oxygens (including phenoxy) is 10. The first kappa shape index (κ1) is 59.8. The van der Waals surface area contributed by atoms with Crippen LogP contribution in [0.5, 0.6) is 0 Å². The van der Waals surface area contributed by atoms with Crippen molar-refractivity contribution in [2.75, 3.05) is 51.9 Å². The Labute approximate surface area is 424 Å². The summed E-state index contributed by atoms with van der Waals surface area (Å²) in [4.78, 5) is 11.8. The normalized spacial score (nSPS) is 46.1. The molecule has 0 saturated carbocycles. The minimum absolute atomic E-state index is 0. The number of hydrogen-bond donors (Lipinski definition) is 17. The third-order valence-corrected chi connectivity index (χ3v) is 12.1. The third kappa shape index (κ3) is 14.3. The fourth-order valence-corrected chi connectivity index (χ4v) is 8.15. The summed E-state index contributed by atoms with van der Waals surface area (Å²) in [6.07, 6.45) is -42.1. The molecule has 0 aromatic carbocycles. The van der Waals surface area contributed by atoms with Crippen LogP contribution in [0.15, 0.2) is 0 Å². The summed E-state index contributed by atoms with van der Waals surface area (Å²) in [5.41, 5.74) is 8.75. The molecule has 5 rings (SSSR count). The summed E-state index contributed by atoms with van der Waals surface area (Å²) in [6.45, 7) is -4.30. The molecule has 0 bridgehead atoms. The summed E-state index contributed by atoms with van der Waals surface area (Å²) < 4.78 is 56.1. The average Bonchev–Trinajstić information content (AvgIpc) is 3.31. The van der Waals surface area contributed by atoms with Crippen LogP contribution in [0.2, 0.25) is 0 Å². The molecule has 389 valence electrons. The molecular weight excluding hydrogens is 1150 g/mol. The molecule has 1 amide bonds. The number of rotatable bonds is 21. The van der Waals surface area contributed by atoms with Crippen molar-refractivity contribution < 1.29 is 173 Å². The standard InChI is InChI=1S/C37H65N2O26S.Ac/c38-18-22(49)29(62-36-28(55)32(21(48)14(9-42)58-36)65-35-25(52)23(50)19(46)12(7-40)57-35)15(10-43)60-33(18)64-31-20(47)13(8-41)59-37(27(31)54)63-30-16(11-44)61-34(26(53)24(30)51)56-5-2-4-39-17(45)3-1-6-66;/h12-16,18-38,40-44,46-55,66H,1-11H2,(H,39,45);/q-1;/t12?,13?,14?,15?,16?,18?,19-,20+,21-,22?,23?,24?,25?,26?,27?,28?,29+,30-,31?,32?,33+,34?,35?,36?,37+;/m1./s1. The molecule has 67 heavy (non-hydrogen) atoms. The van der Waals surface area contributed by atoms with E-state index in [1.54, 1.807) is 0 Å². The number of carbonyl (C=O) groups is 1. The van der Waals surface area contributed by atoms with E-state index in [0.29, 0.717) is 25.0 Å². The van der Waals surface area contributed by atoms with E-state index < -0.39 is 187 Å². The van der Waals surface area contributed by atoms with Crippen LogP contribution in [0, 0.1) is 44.1 Å². The first-order valence-corrected chi connectivity index (χ1v) is 22.0. The fraction of sp³-hybridized carbons (Fsp3) is 0.973. The zero-order valence-electron chi connectivity index (χ0n) is 35.9. The molecule has 17 N–H and O–H groups in total. The van der Waals surface area contributed by atoms with Crippen LogP contribution in [-0.2, 0) is 52.2 Å². The van der Waals surface area contributed by atoms with Crippen molar-refractivity contribution in [3.05, 3.63) is 5.73 Å². The molecule has 1 radical (unpaired) electrons. The summed E-state index contributed by atoms with van der Waals surface area (Å²) in [6, 6.07) is -1.93. The van der Waals surface area contributed by atoms with Gasteiger partial charge in [-0.15, -0.1) is 0 Å². The molecule has 0 aliphatic carbocycles. The Balaban J connectivity index is 0.00000980. The topological polar surface area (TPSA) is 449 Å². The molecule has 5 heterocycles. The van der Waals surface area contributed by atoms with Crippen molar-refractivity contribution in [2.24, 2.45) is 0 Å². The predicted octanol–water partition coefficient (Wildman–Crippen LogP) is -9.62. The van der Waals surface area contributed by atoms with Crippen LogP contribution in [0.1, 0.15) is 19.3 Å². The van der Waals surface area contributed by atoms with Crippen molar-refractivity contribution in [1.29, 1.82) is 0 Å². The van der Waals surface area contributed by atoms with Gasteiger partial charge in [-0.1, -0.05) is 6.04 Å². The Morgan fingerprint density at radius 1 is 0.478 bits per heavy atom. The Kier molecular flexibility index (Phi) is 25.0. The van der Waals surface area contributed by atoms with Crippen molar-refractivity contribution in [3.8, 4) is 0 Å². The van der Waals surface area contributed by atoms with E-state index in [2.05, 4.69) is 17.9 Å². The van der Waals surface area contributed by atoms with E-state index in [1.807, 2.05) is 0 Å². The molecule has 18 unspecified atom stereocenters. The molecule has 0 aromatic heterocycles. The van der Waals surface area contributed by atoms with Crippen LogP contribution in [0.4, 0.5) is 0 Å². The van der Waals surface area contributed by atoms with Gasteiger partial charge >= 0.3 is 0 Å². The average molecular weight is 1210 g/mol. The summed E-state index contributed by atoms with van der Waals surface area (Å²) in [7, 11) is 0. The minimum Gasteiger partial charge on any atom is -0.668 e. The van der Waals surface area contributed by atoms with Crippen LogP contribution in [0.25, 0.3) is 5.73 Å². The van der Waals surface area contributed by atoms with Crippen molar-refractivity contribution in [2.45, 2.75) is 173 Å². The van der Waals surface area contributed by atoms with E-state index in [-0.39, 0.29) is 63.1 Å². The summed E-state index contributed by atoms with van der Waals surface area (Å²) in [5, 5.41) is 161. The number of aliphatic hydroxyl groups is 15. The van der Waals surface area contributed by atoms with Crippen molar-refractivity contribution in [1.82, 2.24) is 5.32 Å². The first-order chi connectivity index (χ1) is 31.5. The molecule has 5 fully saturated rings. The van der Waals surface area contributed by atoms with E-state index in [9.17, 15) is 81.4 Å². The Hall–Kier alpha value is 0.222. The number of carbonyl (C=O) groups excluding carboxylic acids is 1. The molecule has 0 spiro atoms. The number of aliphatic hydroxyl groups excluding tert-OH is 15. The zero-order chi connectivity index (χ0) is 48.6. The van der Waals surface area contributed by atoms with E-state index in [4.69, 9.17) is 53.1 Å². The van der Waals surface area contributed by atoms with Gasteiger partial charge in [0.05, 0.1) is 45.7 Å². The summed E-state index contributed by atoms with van der Waals surface area (Å²) in [5.74, 6) is 0.363. The second-order valence-electron chi connectivity index (χ2n) is 16.4. The smallest absolute Gasteiger partial charge is 0.220 e. The van der Waals surface area contributed by atoms with Gasteiger partial charge in [0.25, 0.3) is 0 Å². The van der Waals surface area contributed by atoms with Crippen LogP contribution >= 0.6 is 12.6 Å². The molecule has 25 atom stereocenters. The molecule has 5 aliphatic heterocycles. The number of nitrogens with one attached hydrogen (secondary N) is 2. The van der Waals surface area contributed by atoms with Gasteiger partial charge in [-0.25, -0.2) is 0 Å². The van der Waals surface area contributed by atoms with Gasteiger partial charge in [0.2, 0.25) is 5.91 Å². The third-order valence-electron chi connectivity index (χ3n) is 11.8. The van der Waals surface area contributed by atoms with E-state index in [0.717, 1.165) is 0 Å². The zero-order valence-corrected chi connectivity index (χ0v) is 41.6. The first-order valence-electron chi connectivity index (χ1n) is 21.4. The molecular formula is C37H65AcN2O26S-. The van der Waals surface area contributed by atoms with Gasteiger partial charge in [-0.3, -0.25) is 4.79 Å². The Morgan fingerprint density at radius 2 is 0.881 bits per heavy atom. The van der Waals surface area contributed by atoms with Crippen molar-refractivity contribution in [3.63, 3.8) is 0 Å². The van der Waals surface area contributed by atoms with Crippen LogP contribution < -0.4 is 5.32 Å². The molecule has 28 nitrogen and oxygen atoms in total. The van der Waals surface area contributed by atoms with Crippen molar-refractivity contribution >= 4 is 18.5 Å². The maximum Gasteiger partial charge on any atom is 0.220 e. The molecule has 5 aliphatic rings. The van der Waals surface area contributed by atoms with E-state index in [1.165, 1.54) is 0 Å². The largest absolute Gasteiger partial charge is 0.668 e. The Morgan fingerprint density at radius 3 is 1.37 bits per heavy atom. The maximum atomic E-state index is 11.8. The van der Waals surface area contributed by atoms with E-state index >= 15 is 0 Å². The second-order valence-corrected chi connectivity index (χ2v) is 16.8. The van der Waals surface area contributed by atoms with Crippen LogP contribution in [0.3, 0.4) is 0 Å². The number of hydrogen-bond acceptors (Lipinski definition) is 27. The fourth-order valence-electron chi connectivity index (χ4n) is 7.99. The predicted molar refractivity (Wildman–Crippen MR) is 213 cm³/mol. The molecule has 0 aromatic rings. The van der Waals surface area contributed by atoms with Gasteiger partial charge in [0.1, 0.15) is 116 Å². The minimum atomic E-state index is -2.07. The SMILES string of the molecule is [Ac].[NH-]C1C(O)[C@@H](OC2OC(CO)[C@@H](O)C(OC3OC(CO)[C@@H](O)C(O)C3O)C2O)C(CO)O[C@H]1OC1C(O)[C@H](O[C@@H]2C(CO)OC(OCCCNC(=O)CCCS)C(O)C2O)OC(CO)[C@@H]1O. The van der Waals surface area contributed by atoms with Gasteiger partial charge in [-0.2, -0.15) is 12.6 Å². The Bertz CT molecular complexity index is 1460. The second kappa shape index (κ2) is 28.0. The maximum absolute atomic E-state index is 11.8. The van der Waals surface area contributed by atoms with Crippen LogP contribution in [-0.4, -0.2) is 288 Å². The van der Waals surface area contributed by atoms with Gasteiger partial charge in [0.15, 0.2) is 25.2 Å². The number of amides is 1. The van der Waals surface area contributed by atoms with Gasteiger partial charge in [0, 0.05) is 57.0 Å².